The van der Waals surface area contributed by atoms with Crippen LogP contribution in [0.15, 0.2) is 48.5 Å². The molecule has 1 heterocycles. The molecule has 8 heteroatoms. The molecule has 1 atom stereocenters. The van der Waals surface area contributed by atoms with Gasteiger partial charge in [0.2, 0.25) is 0 Å². The van der Waals surface area contributed by atoms with Crippen molar-refractivity contribution in [3.63, 3.8) is 0 Å². The van der Waals surface area contributed by atoms with Crippen LogP contribution in [0.25, 0.3) is 0 Å². The number of carboxylic acids is 1. The topological polar surface area (TPSA) is 128 Å². The van der Waals surface area contributed by atoms with Crippen molar-refractivity contribution in [2.24, 2.45) is 5.73 Å². The average molecular weight is 437 g/mol. The van der Waals surface area contributed by atoms with Gasteiger partial charge in [0, 0.05) is 12.1 Å². The second-order valence-corrected chi connectivity index (χ2v) is 9.16. The Kier molecular flexibility index (Phi) is 5.82. The lowest BCUT2D eigenvalue weighted by Gasteiger charge is -2.32. The number of aliphatic carboxylic acids is 1. The van der Waals surface area contributed by atoms with E-state index in [2.05, 4.69) is 20.8 Å². The number of urea groups is 1. The van der Waals surface area contributed by atoms with Crippen molar-refractivity contribution in [2.75, 3.05) is 6.54 Å². The van der Waals surface area contributed by atoms with Crippen LogP contribution in [0.4, 0.5) is 4.79 Å². The maximum atomic E-state index is 13.3. The first-order valence-corrected chi connectivity index (χ1v) is 10.3. The lowest BCUT2D eigenvalue weighted by atomic mass is 9.86. The highest BCUT2D eigenvalue weighted by atomic mass is 16.4. The number of hydrogen-bond donors (Lipinski definition) is 3. The van der Waals surface area contributed by atoms with Gasteiger partial charge in [-0.3, -0.25) is 19.9 Å². The van der Waals surface area contributed by atoms with E-state index in [1.807, 2.05) is 24.3 Å². The molecule has 0 spiro atoms. The van der Waals surface area contributed by atoms with Crippen LogP contribution in [0.2, 0.25) is 0 Å². The smallest absolute Gasteiger partial charge is 0.328 e. The number of amides is 3. The highest BCUT2D eigenvalue weighted by Gasteiger charge is 2.55. The van der Waals surface area contributed by atoms with E-state index in [9.17, 15) is 19.5 Å². The van der Waals surface area contributed by atoms with Crippen LogP contribution in [0, 0.1) is 5.41 Å². The molecule has 1 unspecified atom stereocenters. The fourth-order valence-corrected chi connectivity index (χ4v) is 3.85. The Morgan fingerprint density at radius 2 is 1.62 bits per heavy atom. The van der Waals surface area contributed by atoms with E-state index in [1.54, 1.807) is 31.2 Å². The Hall–Kier alpha value is -3.68. The molecule has 0 aliphatic carbocycles. The number of carbonyl (C=O) groups is 3. The zero-order valence-electron chi connectivity index (χ0n) is 18.7. The van der Waals surface area contributed by atoms with E-state index < -0.39 is 30.0 Å². The Morgan fingerprint density at radius 3 is 2.09 bits per heavy atom. The number of benzene rings is 2. The fraction of sp³-hybridized carbons (Fsp3) is 0.333. The normalized spacial score (nSPS) is 18.9. The Labute approximate surface area is 187 Å². The molecule has 1 saturated heterocycles. The predicted molar refractivity (Wildman–Crippen MR) is 120 cm³/mol. The van der Waals surface area contributed by atoms with Gasteiger partial charge >= 0.3 is 12.0 Å². The minimum absolute atomic E-state index is 0.0246. The van der Waals surface area contributed by atoms with Gasteiger partial charge in [-0.2, -0.15) is 0 Å². The predicted octanol–water partition coefficient (Wildman–Crippen LogP) is 3.03. The maximum Gasteiger partial charge on any atom is 0.328 e. The standard InChI is InChI=1S/C24H28N4O4/c1-23(2,3)17-9-5-15(6-10-17)13-28-22(32)27(14-19(29)30)21(31)24(28,4)18-11-7-16(8-12-18)20(25)26/h5-12H,13-14H2,1-4H3,(H3,25,26)(H,29,30). The summed E-state index contributed by atoms with van der Waals surface area (Å²) in [6, 6.07) is 13.7. The Balaban J connectivity index is 2.03. The summed E-state index contributed by atoms with van der Waals surface area (Å²) in [7, 11) is 0. The first kappa shape index (κ1) is 23.0. The van der Waals surface area contributed by atoms with E-state index in [4.69, 9.17) is 11.1 Å². The molecule has 32 heavy (non-hydrogen) atoms. The molecule has 168 valence electrons. The minimum atomic E-state index is -1.40. The van der Waals surface area contributed by atoms with Gasteiger partial charge in [0.15, 0.2) is 0 Å². The molecule has 1 aliphatic heterocycles. The van der Waals surface area contributed by atoms with Crippen LogP contribution >= 0.6 is 0 Å². The second-order valence-electron chi connectivity index (χ2n) is 9.16. The SMILES string of the molecule is CC(C)(C)c1ccc(CN2C(=O)N(CC(=O)O)C(=O)C2(C)c2ccc(C(=N)N)cc2)cc1. The van der Waals surface area contributed by atoms with E-state index in [0.29, 0.717) is 11.1 Å². The fourth-order valence-electron chi connectivity index (χ4n) is 3.85. The largest absolute Gasteiger partial charge is 0.480 e. The highest BCUT2D eigenvalue weighted by molar-refractivity contribution is 6.08. The van der Waals surface area contributed by atoms with Gasteiger partial charge in [0.25, 0.3) is 5.91 Å². The molecule has 4 N–H and O–H groups in total. The van der Waals surface area contributed by atoms with Crippen LogP contribution in [0.3, 0.4) is 0 Å². The molecule has 0 bridgehead atoms. The van der Waals surface area contributed by atoms with Gasteiger partial charge in [-0.05, 0) is 29.0 Å². The lowest BCUT2D eigenvalue weighted by molar-refractivity contribution is -0.143. The average Bonchev–Trinajstić information content (AvgIpc) is 2.90. The van der Waals surface area contributed by atoms with Crippen molar-refractivity contribution < 1.29 is 19.5 Å². The van der Waals surface area contributed by atoms with Gasteiger partial charge in [0.1, 0.15) is 17.9 Å². The zero-order valence-corrected chi connectivity index (χ0v) is 18.7. The van der Waals surface area contributed by atoms with Crippen LogP contribution < -0.4 is 5.73 Å². The number of nitrogens with one attached hydrogen (secondary N) is 1. The van der Waals surface area contributed by atoms with E-state index in [1.165, 1.54) is 4.90 Å². The second kappa shape index (κ2) is 8.11. The number of amidine groups is 1. The molecule has 3 rings (SSSR count). The van der Waals surface area contributed by atoms with Crippen molar-refractivity contribution >= 4 is 23.7 Å². The van der Waals surface area contributed by atoms with Crippen LogP contribution in [-0.4, -0.2) is 45.2 Å². The first-order chi connectivity index (χ1) is 14.9. The maximum absolute atomic E-state index is 13.3. The quantitative estimate of drug-likeness (QED) is 0.364. The van der Waals surface area contributed by atoms with Crippen molar-refractivity contribution in [1.29, 1.82) is 5.41 Å². The van der Waals surface area contributed by atoms with Crippen molar-refractivity contribution in [2.45, 2.75) is 45.2 Å². The van der Waals surface area contributed by atoms with Gasteiger partial charge in [-0.15, -0.1) is 0 Å². The van der Waals surface area contributed by atoms with Crippen LogP contribution in [-0.2, 0) is 27.1 Å². The summed E-state index contributed by atoms with van der Waals surface area (Å²) in [5.74, 6) is -1.98. The summed E-state index contributed by atoms with van der Waals surface area (Å²) in [6.07, 6.45) is 0. The van der Waals surface area contributed by atoms with Gasteiger partial charge in [0.05, 0.1) is 0 Å². The van der Waals surface area contributed by atoms with Crippen molar-refractivity contribution in [1.82, 2.24) is 9.80 Å². The summed E-state index contributed by atoms with van der Waals surface area (Å²) in [6.45, 7) is 7.36. The molecule has 8 nitrogen and oxygen atoms in total. The number of carbonyl (C=O) groups excluding carboxylic acids is 2. The number of imide groups is 1. The van der Waals surface area contributed by atoms with Gasteiger partial charge in [-0.1, -0.05) is 69.3 Å². The van der Waals surface area contributed by atoms with E-state index >= 15 is 0 Å². The summed E-state index contributed by atoms with van der Waals surface area (Å²) in [4.78, 5) is 39.9. The number of nitrogen functional groups attached to an aromatic ring is 1. The zero-order chi connectivity index (χ0) is 23.8. The first-order valence-electron chi connectivity index (χ1n) is 10.3. The summed E-state index contributed by atoms with van der Waals surface area (Å²) in [5, 5.41) is 16.8. The van der Waals surface area contributed by atoms with Crippen molar-refractivity contribution in [3.8, 4) is 0 Å². The molecule has 2 aromatic carbocycles. The van der Waals surface area contributed by atoms with Gasteiger partial charge in [-0.25, -0.2) is 4.79 Å². The molecule has 0 radical (unpaired) electrons. The third-order valence-electron chi connectivity index (χ3n) is 5.88. The lowest BCUT2D eigenvalue weighted by Crippen LogP contribution is -2.44. The summed E-state index contributed by atoms with van der Waals surface area (Å²) < 4.78 is 0. The molecule has 3 amide bonds. The van der Waals surface area contributed by atoms with Crippen LogP contribution in [0.5, 0.6) is 0 Å². The monoisotopic (exact) mass is 436 g/mol. The number of hydrogen-bond acceptors (Lipinski definition) is 4. The molecule has 2 aromatic rings. The third-order valence-corrected chi connectivity index (χ3v) is 5.88. The summed E-state index contributed by atoms with van der Waals surface area (Å²) >= 11 is 0. The molecule has 1 aliphatic rings. The molecular weight excluding hydrogens is 408 g/mol. The Bertz CT molecular complexity index is 1070. The number of rotatable bonds is 6. The number of carboxylic acid groups (broad SMARTS) is 1. The molecule has 0 saturated carbocycles. The van der Waals surface area contributed by atoms with E-state index in [0.717, 1.165) is 16.0 Å². The van der Waals surface area contributed by atoms with Crippen LogP contribution in [0.1, 0.15) is 49.9 Å². The highest BCUT2D eigenvalue weighted by Crippen LogP contribution is 2.38. The number of nitrogens with two attached hydrogens (primary N) is 1. The Morgan fingerprint density at radius 1 is 1.06 bits per heavy atom. The molecular formula is C24H28N4O4. The number of nitrogens with zero attached hydrogens (tertiary/aromatic N) is 2. The van der Waals surface area contributed by atoms with E-state index in [-0.39, 0.29) is 17.8 Å². The van der Waals surface area contributed by atoms with Gasteiger partial charge < -0.3 is 15.7 Å². The minimum Gasteiger partial charge on any atom is -0.480 e. The molecule has 0 aromatic heterocycles. The third kappa shape index (κ3) is 4.08. The van der Waals surface area contributed by atoms with Crippen molar-refractivity contribution in [3.05, 3.63) is 70.8 Å². The molecule has 1 fully saturated rings. The summed E-state index contributed by atoms with van der Waals surface area (Å²) in [5.41, 5.74) is 7.07.